The summed E-state index contributed by atoms with van der Waals surface area (Å²) in [7, 11) is 0. The van der Waals surface area contributed by atoms with E-state index in [1.165, 1.54) is 48.7 Å². The van der Waals surface area contributed by atoms with Crippen LogP contribution in [0.25, 0.3) is 16.8 Å². The van der Waals surface area contributed by atoms with Crippen LogP contribution >= 0.6 is 0 Å². The Balaban J connectivity index is 1.34. The largest absolute Gasteiger partial charge is 0.405 e. The molecule has 5 aromatic rings. The molecule has 3 N–H and O–H groups in total. The number of pyridine rings is 2. The van der Waals surface area contributed by atoms with Crippen molar-refractivity contribution in [2.24, 2.45) is 5.92 Å². The van der Waals surface area contributed by atoms with E-state index in [0.717, 1.165) is 12.1 Å². The number of amides is 1. The summed E-state index contributed by atoms with van der Waals surface area (Å²) in [6.07, 6.45) is -6.76. The van der Waals surface area contributed by atoms with Gasteiger partial charge >= 0.3 is 6.18 Å². The number of halogens is 9. The van der Waals surface area contributed by atoms with Crippen molar-refractivity contribution >= 4 is 17.5 Å². The highest BCUT2D eigenvalue weighted by Crippen LogP contribution is 2.68. The molecule has 1 amide bonds. The van der Waals surface area contributed by atoms with Crippen LogP contribution in [0.1, 0.15) is 72.6 Å². The van der Waals surface area contributed by atoms with E-state index in [-0.39, 0.29) is 58.1 Å². The van der Waals surface area contributed by atoms with Crippen LogP contribution in [0.5, 0.6) is 0 Å². The second-order valence-electron chi connectivity index (χ2n) is 13.8. The monoisotopic (exact) mass is 776 g/mol. The number of carbonyl (C=O) groups is 1. The van der Waals surface area contributed by atoms with Gasteiger partial charge in [-0.15, -0.1) is 10.2 Å². The Morgan fingerprint density at radius 1 is 1.05 bits per heavy atom. The molecule has 0 bridgehead atoms. The van der Waals surface area contributed by atoms with Crippen molar-refractivity contribution in [1.82, 2.24) is 34.7 Å². The third-order valence-electron chi connectivity index (χ3n) is 9.08. The minimum absolute atomic E-state index is 0.00368. The van der Waals surface area contributed by atoms with Gasteiger partial charge in [0.05, 0.1) is 11.7 Å². The molecule has 55 heavy (non-hydrogen) atoms. The van der Waals surface area contributed by atoms with Crippen LogP contribution in [0.2, 0.25) is 0 Å². The van der Waals surface area contributed by atoms with Crippen LogP contribution in [-0.2, 0) is 23.7 Å². The first-order valence-electron chi connectivity index (χ1n) is 16.7. The number of aliphatic hydroxyl groups is 1. The van der Waals surface area contributed by atoms with Crippen molar-refractivity contribution < 1.29 is 49.4 Å². The average Bonchev–Trinajstić information content (AvgIpc) is 3.54. The Bertz CT molecular complexity index is 2350. The molecule has 0 saturated heterocycles. The molecule has 4 aromatic heterocycles. The van der Waals surface area contributed by atoms with Gasteiger partial charge in [0.25, 0.3) is 12.3 Å². The zero-order valence-electron chi connectivity index (χ0n) is 28.7. The third kappa shape index (κ3) is 7.68. The maximum atomic E-state index is 15.3. The first-order chi connectivity index (χ1) is 25.8. The standard InChI is InChI=1S/C36H29F9N8O2/c1-34(2,55)8-7-20-5-6-21(22-4-3-9-52-32(22)49-50-33(52)46-16-35(41,42)43)28(47-20)25(12-17-10-18(37)13-19(38)11-17)48-26(54)15-53-30-27(29(51-53)31(39)40)23-14-24(23)36(30,44)45/h3-6,9-11,13,23-25,31,55H,12,14-16H2,1-2H3,(H,46,50)(H,48,54)/t23-,24?,25-/m0/s1. The van der Waals surface area contributed by atoms with Crippen molar-refractivity contribution in [2.75, 3.05) is 11.9 Å². The number of benzene rings is 1. The molecule has 0 radical (unpaired) electrons. The number of nitrogens with one attached hydrogen (secondary N) is 2. The molecule has 1 aromatic carbocycles. The predicted octanol–water partition coefficient (Wildman–Crippen LogP) is 6.61. The molecule has 19 heteroatoms. The summed E-state index contributed by atoms with van der Waals surface area (Å²) in [4.78, 5) is 18.4. The quantitative estimate of drug-likeness (QED) is 0.108. The van der Waals surface area contributed by atoms with Gasteiger partial charge in [0.2, 0.25) is 11.9 Å². The van der Waals surface area contributed by atoms with E-state index in [0.29, 0.717) is 10.7 Å². The summed E-state index contributed by atoms with van der Waals surface area (Å²) in [6.45, 7) is 0.445. The van der Waals surface area contributed by atoms with E-state index in [9.17, 15) is 40.6 Å². The SMILES string of the molecule is CC(C)(O)C#Cc1ccc(-c2cccn3c(NCC(F)(F)F)nnc23)c([C@H](Cc2cc(F)cc(F)c2)NC(=O)Cn2nc(C(F)F)c3c2C(F)(F)C2C[C@H]32)n1. The fourth-order valence-electron chi connectivity index (χ4n) is 6.81. The number of hydrogen-bond donors (Lipinski definition) is 3. The molecule has 3 atom stereocenters. The molecule has 2 aliphatic carbocycles. The van der Waals surface area contributed by atoms with E-state index < -0.39 is 84.0 Å². The maximum Gasteiger partial charge on any atom is 0.405 e. The lowest BCUT2D eigenvalue weighted by molar-refractivity contribution is -0.123. The Hall–Kier alpha value is -5.64. The lowest BCUT2D eigenvalue weighted by Crippen LogP contribution is -2.35. The van der Waals surface area contributed by atoms with Gasteiger partial charge in [-0.05, 0) is 80.5 Å². The number of nitrogens with zero attached hydrogens (tertiary/aromatic N) is 6. The minimum atomic E-state index is -4.59. The number of alkyl halides is 7. The first-order valence-corrected chi connectivity index (χ1v) is 16.7. The molecule has 1 fully saturated rings. The van der Waals surface area contributed by atoms with Crippen LogP contribution in [0.4, 0.5) is 45.5 Å². The number of anilines is 1. The minimum Gasteiger partial charge on any atom is -0.378 e. The number of carbonyl (C=O) groups excluding carboxylic acids is 1. The zero-order valence-corrected chi connectivity index (χ0v) is 28.7. The van der Waals surface area contributed by atoms with Crippen LogP contribution in [0.3, 0.4) is 0 Å². The van der Waals surface area contributed by atoms with Crippen LogP contribution in [0, 0.1) is 29.4 Å². The molecule has 0 spiro atoms. The van der Waals surface area contributed by atoms with Gasteiger partial charge in [0.1, 0.15) is 47.4 Å². The molecule has 10 nitrogen and oxygen atoms in total. The summed E-state index contributed by atoms with van der Waals surface area (Å²) < 4.78 is 128. The highest BCUT2D eigenvalue weighted by molar-refractivity contribution is 5.81. The van der Waals surface area contributed by atoms with Crippen molar-refractivity contribution in [1.29, 1.82) is 0 Å². The van der Waals surface area contributed by atoms with Crippen molar-refractivity contribution in [3.05, 3.63) is 94.2 Å². The fourth-order valence-corrected chi connectivity index (χ4v) is 6.81. The van der Waals surface area contributed by atoms with Gasteiger partial charge in [0.15, 0.2) is 5.65 Å². The normalized spacial score (nSPS) is 17.8. The van der Waals surface area contributed by atoms with Gasteiger partial charge < -0.3 is 15.7 Å². The lowest BCUT2D eigenvalue weighted by atomic mass is 9.95. The van der Waals surface area contributed by atoms with E-state index >= 15 is 8.78 Å². The zero-order chi connectivity index (χ0) is 39.6. The number of aromatic nitrogens is 6. The summed E-state index contributed by atoms with van der Waals surface area (Å²) in [5.74, 6) is -3.42. The highest BCUT2D eigenvalue weighted by Gasteiger charge is 2.67. The third-order valence-corrected chi connectivity index (χ3v) is 9.08. The highest BCUT2D eigenvalue weighted by atomic mass is 19.4. The molecule has 7 rings (SSSR count). The molecular formula is C36H29F9N8O2. The molecule has 2 aliphatic rings. The van der Waals surface area contributed by atoms with Gasteiger partial charge in [-0.3, -0.25) is 13.9 Å². The number of fused-ring (bicyclic) bond motifs is 4. The maximum absolute atomic E-state index is 15.3. The molecule has 288 valence electrons. The lowest BCUT2D eigenvalue weighted by Gasteiger charge is -2.23. The molecule has 4 heterocycles. The van der Waals surface area contributed by atoms with Crippen molar-refractivity contribution in [2.45, 2.75) is 69.3 Å². The van der Waals surface area contributed by atoms with E-state index in [1.807, 2.05) is 0 Å². The van der Waals surface area contributed by atoms with Crippen molar-refractivity contribution in [3.63, 3.8) is 0 Å². The molecule has 1 unspecified atom stereocenters. The van der Waals surface area contributed by atoms with Crippen LogP contribution < -0.4 is 10.6 Å². The Kier molecular flexibility index (Phi) is 9.30. The summed E-state index contributed by atoms with van der Waals surface area (Å²) in [5.41, 5.74) is -2.94. The van der Waals surface area contributed by atoms with Gasteiger partial charge in [0, 0.05) is 34.9 Å². The molecule has 1 saturated carbocycles. The van der Waals surface area contributed by atoms with Crippen molar-refractivity contribution in [3.8, 4) is 23.0 Å². The second kappa shape index (κ2) is 13.6. The summed E-state index contributed by atoms with van der Waals surface area (Å²) in [6, 6.07) is 7.14. The van der Waals surface area contributed by atoms with E-state index in [2.05, 4.69) is 42.8 Å². The average molecular weight is 777 g/mol. The smallest absolute Gasteiger partial charge is 0.378 e. The molecule has 0 aliphatic heterocycles. The molecular weight excluding hydrogens is 747 g/mol. The summed E-state index contributed by atoms with van der Waals surface area (Å²) >= 11 is 0. The second-order valence-corrected chi connectivity index (χ2v) is 13.8. The predicted molar refractivity (Wildman–Crippen MR) is 177 cm³/mol. The first kappa shape index (κ1) is 37.7. The Morgan fingerprint density at radius 2 is 1.78 bits per heavy atom. The summed E-state index contributed by atoms with van der Waals surface area (Å²) in [5, 5.41) is 26.6. The van der Waals surface area contributed by atoms with E-state index in [1.54, 1.807) is 0 Å². The Morgan fingerprint density at radius 3 is 2.45 bits per heavy atom. The van der Waals surface area contributed by atoms with Gasteiger partial charge in [-0.25, -0.2) is 22.5 Å². The van der Waals surface area contributed by atoms with E-state index in [4.69, 9.17) is 0 Å². The van der Waals surface area contributed by atoms with Gasteiger partial charge in [-0.2, -0.15) is 27.1 Å². The fraction of sp³-hybridized carbons (Fsp3) is 0.361. The number of rotatable bonds is 10. The van der Waals surface area contributed by atoms with Gasteiger partial charge in [-0.1, -0.05) is 5.92 Å². The topological polar surface area (TPSA) is 122 Å². The van der Waals surface area contributed by atoms with Crippen LogP contribution in [-0.4, -0.2) is 58.7 Å². The number of hydrogen-bond acceptors (Lipinski definition) is 7. The Labute approximate surface area is 305 Å². The van der Waals surface area contributed by atoms with Crippen LogP contribution in [0.15, 0.2) is 48.7 Å².